The van der Waals surface area contributed by atoms with Gasteiger partial charge < -0.3 is 9.64 Å². The third-order valence-corrected chi connectivity index (χ3v) is 5.64. The minimum atomic E-state index is -0.641. The number of carbonyl (C=O) groups is 1. The van der Waals surface area contributed by atoms with E-state index in [2.05, 4.69) is 10.8 Å². The number of fused-ring (bicyclic) bond motifs is 3. The number of hydrogen-bond acceptors (Lipinski definition) is 3. The largest absolute Gasteiger partial charge is 0.355 e. The molecule has 0 N–H and O–H groups in total. The van der Waals surface area contributed by atoms with Crippen molar-refractivity contribution in [3.63, 3.8) is 0 Å². The predicted molar refractivity (Wildman–Crippen MR) is 101 cm³/mol. The molecule has 1 amide bonds. The summed E-state index contributed by atoms with van der Waals surface area (Å²) in [5.41, 5.74) is 1.97. The highest BCUT2D eigenvalue weighted by Crippen LogP contribution is 2.46. The Morgan fingerprint density at radius 2 is 2.12 bits per heavy atom. The summed E-state index contributed by atoms with van der Waals surface area (Å²) in [5.74, 6) is 2.76. The fourth-order valence-electron chi connectivity index (χ4n) is 4.24. The van der Waals surface area contributed by atoms with Crippen LogP contribution in [0.5, 0.6) is 0 Å². The zero-order valence-corrected chi connectivity index (χ0v) is 15.6. The highest BCUT2D eigenvalue weighted by atomic mass is 19.1. The zero-order valence-electron chi connectivity index (χ0n) is 15.6. The number of halogens is 1. The average molecular weight is 358 g/mol. The first-order chi connectivity index (χ1) is 12.5. The molecule has 2 unspecified atom stereocenters. The molecule has 0 saturated carbocycles. The van der Waals surface area contributed by atoms with Crippen molar-refractivity contribution in [2.75, 3.05) is 31.8 Å². The van der Waals surface area contributed by atoms with Gasteiger partial charge in [0.05, 0.1) is 25.0 Å². The molecule has 5 heteroatoms. The van der Waals surface area contributed by atoms with Gasteiger partial charge in [-0.05, 0) is 44.4 Å². The number of carbonyl (C=O) groups excluding carboxylic acids is 1. The minimum Gasteiger partial charge on any atom is -0.355 e. The number of amides is 1. The molecular weight excluding hydrogens is 331 g/mol. The summed E-state index contributed by atoms with van der Waals surface area (Å²) in [4.78, 5) is 16.8. The lowest BCUT2D eigenvalue weighted by atomic mass is 9.91. The molecular formula is C21H27FN2O2. The Bertz CT molecular complexity index is 714. The fourth-order valence-corrected chi connectivity index (χ4v) is 4.24. The summed E-state index contributed by atoms with van der Waals surface area (Å²) in [6.07, 6.45) is 9.74. The van der Waals surface area contributed by atoms with E-state index in [-0.39, 0.29) is 18.6 Å². The molecule has 0 radical (unpaired) electrons. The molecule has 1 aromatic rings. The third kappa shape index (κ3) is 3.13. The predicted octanol–water partition coefficient (Wildman–Crippen LogP) is 3.44. The number of likely N-dealkylation sites (N-methyl/N-ethyl adjacent to an activating group) is 1. The van der Waals surface area contributed by atoms with Gasteiger partial charge >= 0.3 is 0 Å². The number of hydrogen-bond donors (Lipinski definition) is 0. The Labute approximate surface area is 155 Å². The van der Waals surface area contributed by atoms with Crippen LogP contribution in [0, 0.1) is 12.3 Å². The van der Waals surface area contributed by atoms with Crippen LogP contribution in [0.2, 0.25) is 0 Å². The number of alkyl halides is 1. The molecule has 0 bridgehead atoms. The van der Waals surface area contributed by atoms with Gasteiger partial charge in [0, 0.05) is 24.7 Å². The molecule has 2 atom stereocenters. The van der Waals surface area contributed by atoms with Crippen LogP contribution >= 0.6 is 0 Å². The zero-order chi connectivity index (χ0) is 18.7. The van der Waals surface area contributed by atoms with Crippen LogP contribution < -0.4 is 4.90 Å². The molecule has 26 heavy (non-hydrogen) atoms. The first-order valence-electron chi connectivity index (χ1n) is 9.40. The Hall–Kier alpha value is -1.90. The molecule has 0 spiro atoms. The molecule has 0 aliphatic carbocycles. The number of unbranched alkanes of at least 4 members (excludes halogenated alkanes) is 3. The lowest BCUT2D eigenvalue weighted by molar-refractivity contribution is -0.136. The second kappa shape index (κ2) is 7.77. The Kier molecular flexibility index (Phi) is 5.64. The minimum absolute atomic E-state index is 0.0597. The van der Waals surface area contributed by atoms with E-state index in [0.29, 0.717) is 19.6 Å². The maximum atomic E-state index is 12.9. The van der Waals surface area contributed by atoms with E-state index in [1.807, 2.05) is 32.2 Å². The van der Waals surface area contributed by atoms with Crippen LogP contribution in [-0.4, -0.2) is 43.7 Å². The van der Waals surface area contributed by atoms with Gasteiger partial charge in [0.15, 0.2) is 5.72 Å². The third-order valence-electron chi connectivity index (χ3n) is 5.64. The van der Waals surface area contributed by atoms with Crippen molar-refractivity contribution in [1.29, 1.82) is 0 Å². The van der Waals surface area contributed by atoms with Crippen molar-refractivity contribution in [1.82, 2.24) is 4.90 Å². The summed E-state index contributed by atoms with van der Waals surface area (Å²) in [7, 11) is 1.81. The molecule has 2 aliphatic rings. The van der Waals surface area contributed by atoms with Crippen LogP contribution in [0.15, 0.2) is 18.2 Å². The van der Waals surface area contributed by atoms with Gasteiger partial charge in [-0.3, -0.25) is 14.1 Å². The lowest BCUT2D eigenvalue weighted by Crippen LogP contribution is -2.50. The van der Waals surface area contributed by atoms with Gasteiger partial charge in [-0.1, -0.05) is 18.8 Å². The molecule has 1 saturated heterocycles. The molecule has 2 heterocycles. The van der Waals surface area contributed by atoms with Gasteiger partial charge in [0.25, 0.3) is 0 Å². The standard InChI is InChI=1S/C21H27FN2O2/c1-4-17-9-10-19-18(15-17)21(11-7-5-6-8-12-22)24(13-14-26-21)16(2)20(25)23(19)3/h1,9-10,15-16H,5-8,11-14H2,2-3H3. The van der Waals surface area contributed by atoms with E-state index in [4.69, 9.17) is 11.2 Å². The summed E-state index contributed by atoms with van der Waals surface area (Å²) < 4.78 is 18.7. The highest BCUT2D eigenvalue weighted by molar-refractivity contribution is 5.98. The van der Waals surface area contributed by atoms with E-state index in [1.54, 1.807) is 4.90 Å². The van der Waals surface area contributed by atoms with Crippen LogP contribution in [-0.2, 0) is 15.3 Å². The van der Waals surface area contributed by atoms with E-state index in [9.17, 15) is 9.18 Å². The number of nitrogens with zero attached hydrogens (tertiary/aromatic N) is 2. The van der Waals surface area contributed by atoms with Crippen molar-refractivity contribution >= 4 is 11.6 Å². The molecule has 2 aliphatic heterocycles. The summed E-state index contributed by atoms with van der Waals surface area (Å²) in [6.45, 7) is 2.98. The molecule has 0 aromatic heterocycles. The van der Waals surface area contributed by atoms with Gasteiger partial charge in [0.1, 0.15) is 0 Å². The smallest absolute Gasteiger partial charge is 0.243 e. The SMILES string of the molecule is C#Cc1ccc2c(c1)C1(CCCCCCF)OCCN1C(C)C(=O)N2C. The highest BCUT2D eigenvalue weighted by Gasteiger charge is 2.51. The van der Waals surface area contributed by atoms with Crippen molar-refractivity contribution in [3.8, 4) is 12.3 Å². The second-order valence-electron chi connectivity index (χ2n) is 7.13. The van der Waals surface area contributed by atoms with Crippen LogP contribution in [0.1, 0.15) is 50.2 Å². The van der Waals surface area contributed by atoms with Crippen molar-refractivity contribution < 1.29 is 13.9 Å². The number of terminal acetylenes is 1. The Morgan fingerprint density at radius 3 is 2.85 bits per heavy atom. The van der Waals surface area contributed by atoms with Gasteiger partial charge in [-0.15, -0.1) is 6.42 Å². The van der Waals surface area contributed by atoms with E-state index in [0.717, 1.165) is 42.5 Å². The van der Waals surface area contributed by atoms with Crippen LogP contribution in [0.25, 0.3) is 0 Å². The summed E-state index contributed by atoms with van der Waals surface area (Å²) in [6, 6.07) is 5.50. The van der Waals surface area contributed by atoms with Crippen LogP contribution in [0.4, 0.5) is 10.1 Å². The fraction of sp³-hybridized carbons (Fsp3) is 0.571. The molecule has 1 aromatic carbocycles. The van der Waals surface area contributed by atoms with E-state index < -0.39 is 5.72 Å². The number of anilines is 1. The van der Waals surface area contributed by atoms with Crippen molar-refractivity contribution in [2.24, 2.45) is 0 Å². The topological polar surface area (TPSA) is 32.8 Å². The Morgan fingerprint density at radius 1 is 1.35 bits per heavy atom. The first-order valence-corrected chi connectivity index (χ1v) is 9.40. The molecule has 4 nitrogen and oxygen atoms in total. The van der Waals surface area contributed by atoms with E-state index >= 15 is 0 Å². The summed E-state index contributed by atoms with van der Waals surface area (Å²) >= 11 is 0. The number of ether oxygens (including phenoxy) is 1. The maximum Gasteiger partial charge on any atom is 0.243 e. The van der Waals surface area contributed by atoms with Gasteiger partial charge in [-0.25, -0.2) is 0 Å². The average Bonchev–Trinajstić information content (AvgIpc) is 3.08. The lowest BCUT2D eigenvalue weighted by Gasteiger charge is -2.39. The monoisotopic (exact) mass is 358 g/mol. The summed E-state index contributed by atoms with van der Waals surface area (Å²) in [5, 5.41) is 0. The molecule has 3 rings (SSSR count). The van der Waals surface area contributed by atoms with Gasteiger partial charge in [0.2, 0.25) is 5.91 Å². The quantitative estimate of drug-likeness (QED) is 0.577. The normalized spacial score (nSPS) is 25.5. The molecule has 140 valence electrons. The van der Waals surface area contributed by atoms with E-state index in [1.165, 1.54) is 0 Å². The second-order valence-corrected chi connectivity index (χ2v) is 7.13. The van der Waals surface area contributed by atoms with Gasteiger partial charge in [-0.2, -0.15) is 0 Å². The number of rotatable bonds is 6. The van der Waals surface area contributed by atoms with Crippen molar-refractivity contribution in [2.45, 2.75) is 50.8 Å². The molecule has 1 fully saturated rings. The number of benzene rings is 1. The van der Waals surface area contributed by atoms with Crippen LogP contribution in [0.3, 0.4) is 0 Å². The maximum absolute atomic E-state index is 12.9. The first kappa shape index (κ1) is 18.9. The Balaban J connectivity index is 2.02. The van der Waals surface area contributed by atoms with Crippen molar-refractivity contribution in [3.05, 3.63) is 29.3 Å².